The molecule has 10 heteroatoms. The lowest BCUT2D eigenvalue weighted by molar-refractivity contribution is -0.139. The van der Waals surface area contributed by atoms with E-state index in [-0.39, 0.29) is 43.2 Å². The van der Waals surface area contributed by atoms with Crippen LogP contribution in [0, 0.1) is 5.82 Å². The maximum Gasteiger partial charge on any atom is 0.254 e. The number of hydrogen-bond donors (Lipinski definition) is 3. The summed E-state index contributed by atoms with van der Waals surface area (Å²) >= 11 is 5.98. The molecule has 2 aromatic carbocycles. The normalized spacial score (nSPS) is 23.5. The molecule has 0 bridgehead atoms. The van der Waals surface area contributed by atoms with Crippen LogP contribution < -0.4 is 19.7 Å². The number of rotatable bonds is 7. The van der Waals surface area contributed by atoms with Crippen molar-refractivity contribution in [3.63, 3.8) is 0 Å². The van der Waals surface area contributed by atoms with Gasteiger partial charge in [0, 0.05) is 30.2 Å². The quantitative estimate of drug-likeness (QED) is 0.517. The molecule has 0 spiro atoms. The number of anilines is 1. The molecule has 1 unspecified atom stereocenters. The Labute approximate surface area is 214 Å². The fourth-order valence-corrected chi connectivity index (χ4v) is 5.28. The molecule has 0 aliphatic carbocycles. The minimum absolute atomic E-state index is 0.0277. The zero-order valence-corrected chi connectivity index (χ0v) is 20.7. The van der Waals surface area contributed by atoms with Crippen LogP contribution in [0.1, 0.15) is 30.9 Å². The lowest BCUT2D eigenvalue weighted by Crippen LogP contribution is -2.55. The lowest BCUT2D eigenvalue weighted by Gasteiger charge is -2.32. The van der Waals surface area contributed by atoms with Gasteiger partial charge in [0.25, 0.3) is 5.91 Å². The third-order valence-electron chi connectivity index (χ3n) is 7.17. The highest BCUT2D eigenvalue weighted by atomic mass is 35.5. The van der Waals surface area contributed by atoms with E-state index >= 15 is 0 Å². The van der Waals surface area contributed by atoms with Gasteiger partial charge in [0.2, 0.25) is 0 Å². The molecule has 3 aliphatic heterocycles. The van der Waals surface area contributed by atoms with Crippen molar-refractivity contribution < 1.29 is 28.9 Å². The van der Waals surface area contributed by atoms with Crippen molar-refractivity contribution in [2.75, 3.05) is 50.8 Å². The summed E-state index contributed by atoms with van der Waals surface area (Å²) in [4.78, 5) is 17.4. The summed E-state index contributed by atoms with van der Waals surface area (Å²) in [5.74, 6) is -0.921. The van der Waals surface area contributed by atoms with Crippen LogP contribution in [0.5, 0.6) is 11.5 Å². The maximum atomic E-state index is 14.7. The summed E-state index contributed by atoms with van der Waals surface area (Å²) in [7, 11) is 0. The van der Waals surface area contributed by atoms with Gasteiger partial charge in [0.05, 0.1) is 12.6 Å². The molecule has 3 aliphatic rings. The van der Waals surface area contributed by atoms with Crippen LogP contribution in [-0.2, 0) is 4.79 Å². The Bertz CT molecular complexity index is 1100. The van der Waals surface area contributed by atoms with Crippen molar-refractivity contribution in [3.05, 3.63) is 52.8 Å². The smallest absolute Gasteiger partial charge is 0.254 e. The second-order valence-corrected chi connectivity index (χ2v) is 10.2. The number of halogens is 2. The molecule has 3 heterocycles. The minimum Gasteiger partial charge on any atom is -0.486 e. The van der Waals surface area contributed by atoms with Gasteiger partial charge in [-0.05, 0) is 67.9 Å². The van der Waals surface area contributed by atoms with Crippen molar-refractivity contribution in [2.45, 2.75) is 37.0 Å². The summed E-state index contributed by atoms with van der Waals surface area (Å²) in [6.07, 6.45) is 1.11. The molecular weight excluding hydrogens is 489 g/mol. The molecule has 2 aromatic rings. The van der Waals surface area contributed by atoms with E-state index in [1.165, 1.54) is 6.07 Å². The van der Waals surface area contributed by atoms with Crippen LogP contribution in [0.2, 0.25) is 5.02 Å². The number of aliphatic hydroxyl groups excluding tert-OH is 1. The fourth-order valence-electron chi connectivity index (χ4n) is 5.16. The van der Waals surface area contributed by atoms with Crippen molar-refractivity contribution in [1.29, 1.82) is 0 Å². The number of β-amino-alcohol motifs (C(OH)–C–C–N with tert-alkyl or cyclic N) is 1. The summed E-state index contributed by atoms with van der Waals surface area (Å²) < 4.78 is 25.6. The van der Waals surface area contributed by atoms with Gasteiger partial charge in [0.15, 0.2) is 22.9 Å². The third kappa shape index (κ3) is 5.25. The molecule has 194 valence electrons. The Kier molecular flexibility index (Phi) is 7.25. The monoisotopic (exact) mass is 519 g/mol. The van der Waals surface area contributed by atoms with E-state index in [9.17, 15) is 19.4 Å². The Morgan fingerprint density at radius 2 is 1.86 bits per heavy atom. The van der Waals surface area contributed by atoms with E-state index < -0.39 is 29.5 Å². The van der Waals surface area contributed by atoms with Gasteiger partial charge in [-0.25, -0.2) is 4.39 Å². The van der Waals surface area contributed by atoms with E-state index in [1.807, 2.05) is 17.0 Å². The summed E-state index contributed by atoms with van der Waals surface area (Å²) in [5.41, 5.74) is -0.480. The third-order valence-corrected chi connectivity index (χ3v) is 7.43. The minimum atomic E-state index is -1.62. The number of amides is 1. The second-order valence-electron chi connectivity index (χ2n) is 9.74. The molecule has 0 saturated carbocycles. The Morgan fingerprint density at radius 1 is 1.14 bits per heavy atom. The van der Waals surface area contributed by atoms with Crippen molar-refractivity contribution >= 4 is 23.2 Å². The van der Waals surface area contributed by atoms with Gasteiger partial charge < -0.3 is 34.8 Å². The molecular formula is C26H31ClFN3O5. The Hall–Kier alpha value is -2.59. The first kappa shape index (κ1) is 25.1. The summed E-state index contributed by atoms with van der Waals surface area (Å²) in [6, 6.07) is 9.24. The van der Waals surface area contributed by atoms with E-state index in [2.05, 4.69) is 10.2 Å². The Balaban J connectivity index is 1.34. The highest BCUT2D eigenvalue weighted by molar-refractivity contribution is 6.30. The standard InChI is InChI=1S/C26H31ClFN3O5/c27-18-3-5-19(6-4-18)31-10-7-26(34,16-31)25(33)29-21(15-30-8-1-2-9-30)23(32)17-13-20(28)24-22(14-17)35-11-12-36-24/h3-6,13-14,21,23,32,34H,1-2,7-12,15-16H2,(H,29,33)/t21-,23-,26?/m1/s1. The number of nitrogens with one attached hydrogen (secondary N) is 1. The predicted octanol–water partition coefficient (Wildman–Crippen LogP) is 2.51. The van der Waals surface area contributed by atoms with Crippen LogP contribution in [0.3, 0.4) is 0 Å². The van der Waals surface area contributed by atoms with Gasteiger partial charge in [-0.1, -0.05) is 11.6 Å². The zero-order valence-electron chi connectivity index (χ0n) is 20.0. The van der Waals surface area contributed by atoms with E-state index in [4.69, 9.17) is 21.1 Å². The molecule has 3 N–H and O–H groups in total. The number of likely N-dealkylation sites (tertiary alicyclic amines) is 1. The molecule has 1 amide bonds. The summed E-state index contributed by atoms with van der Waals surface area (Å²) in [5, 5.41) is 26.0. The molecule has 5 rings (SSSR count). The average molecular weight is 520 g/mol. The Morgan fingerprint density at radius 3 is 2.61 bits per heavy atom. The van der Waals surface area contributed by atoms with Gasteiger partial charge in [0.1, 0.15) is 19.3 Å². The number of ether oxygens (including phenoxy) is 2. The lowest BCUT2D eigenvalue weighted by atomic mass is 9.97. The maximum absolute atomic E-state index is 14.7. The van der Waals surface area contributed by atoms with Crippen LogP contribution in [0.25, 0.3) is 0 Å². The molecule has 0 radical (unpaired) electrons. The highest BCUT2D eigenvalue weighted by Gasteiger charge is 2.44. The topological polar surface area (TPSA) is 94.5 Å². The first-order valence-corrected chi connectivity index (χ1v) is 12.7. The number of aliphatic hydroxyl groups is 2. The molecule has 2 fully saturated rings. The number of nitrogens with zero attached hydrogens (tertiary/aromatic N) is 2. The summed E-state index contributed by atoms with van der Waals surface area (Å²) in [6.45, 7) is 3.23. The second kappa shape index (κ2) is 10.4. The van der Waals surface area contributed by atoms with Gasteiger partial charge in [-0.15, -0.1) is 0 Å². The average Bonchev–Trinajstić information content (AvgIpc) is 3.54. The van der Waals surface area contributed by atoms with Gasteiger partial charge in [-0.2, -0.15) is 0 Å². The fraction of sp³-hybridized carbons (Fsp3) is 0.500. The predicted molar refractivity (Wildman–Crippen MR) is 133 cm³/mol. The number of carbonyl (C=O) groups excluding carboxylic acids is 1. The highest BCUT2D eigenvalue weighted by Crippen LogP contribution is 2.37. The number of carbonyl (C=O) groups is 1. The van der Waals surface area contributed by atoms with E-state index in [1.54, 1.807) is 18.2 Å². The first-order chi connectivity index (χ1) is 17.3. The zero-order chi connectivity index (χ0) is 25.3. The van der Waals surface area contributed by atoms with Crippen molar-refractivity contribution in [1.82, 2.24) is 10.2 Å². The van der Waals surface area contributed by atoms with Crippen LogP contribution in [0.15, 0.2) is 36.4 Å². The SMILES string of the molecule is O=C(N[C@H](CN1CCCC1)[C@H](O)c1cc(F)c2c(c1)OCCO2)C1(O)CCN(c2ccc(Cl)cc2)C1. The molecule has 36 heavy (non-hydrogen) atoms. The van der Waals surface area contributed by atoms with Crippen LogP contribution in [-0.4, -0.2) is 78.6 Å². The number of benzene rings is 2. The number of hydrogen-bond acceptors (Lipinski definition) is 7. The van der Waals surface area contributed by atoms with E-state index in [0.29, 0.717) is 18.1 Å². The molecule has 8 nitrogen and oxygen atoms in total. The molecule has 0 aromatic heterocycles. The number of fused-ring (bicyclic) bond motifs is 1. The van der Waals surface area contributed by atoms with Gasteiger partial charge in [-0.3, -0.25) is 4.79 Å². The van der Waals surface area contributed by atoms with Crippen LogP contribution in [0.4, 0.5) is 10.1 Å². The van der Waals surface area contributed by atoms with E-state index in [0.717, 1.165) is 31.6 Å². The molecule has 3 atom stereocenters. The van der Waals surface area contributed by atoms with Crippen molar-refractivity contribution in [3.8, 4) is 11.5 Å². The molecule has 2 saturated heterocycles. The van der Waals surface area contributed by atoms with Crippen molar-refractivity contribution in [2.24, 2.45) is 0 Å². The van der Waals surface area contributed by atoms with Gasteiger partial charge >= 0.3 is 0 Å². The largest absolute Gasteiger partial charge is 0.486 e. The first-order valence-electron chi connectivity index (χ1n) is 12.4. The van der Waals surface area contributed by atoms with Crippen LogP contribution >= 0.6 is 11.6 Å².